The molecule has 0 bridgehead atoms. The molecule has 1 amide bonds. The van der Waals surface area contributed by atoms with Gasteiger partial charge in [0.2, 0.25) is 5.91 Å². The number of hydrogen-bond donors (Lipinski definition) is 1. The van der Waals surface area contributed by atoms with Gasteiger partial charge in [0.1, 0.15) is 5.82 Å². The van der Waals surface area contributed by atoms with E-state index in [1.54, 1.807) is 12.1 Å². The molecule has 0 radical (unpaired) electrons. The SMILES string of the molecule is CC1=C(C)C[C@@H](C(=O)Nc2ccc(Cl)cn2)[C@H](C(=O)[O-])C1. The first-order chi connectivity index (χ1) is 9.88. The van der Waals surface area contributed by atoms with Crippen LogP contribution in [0.15, 0.2) is 29.5 Å². The van der Waals surface area contributed by atoms with Gasteiger partial charge in [-0.15, -0.1) is 0 Å². The van der Waals surface area contributed by atoms with Gasteiger partial charge in [-0.05, 0) is 38.8 Å². The zero-order chi connectivity index (χ0) is 15.6. The number of rotatable bonds is 3. The summed E-state index contributed by atoms with van der Waals surface area (Å²) in [5, 5.41) is 14.4. The van der Waals surface area contributed by atoms with Crippen LogP contribution in [0.3, 0.4) is 0 Å². The summed E-state index contributed by atoms with van der Waals surface area (Å²) < 4.78 is 0. The number of anilines is 1. The first-order valence-electron chi connectivity index (χ1n) is 6.67. The molecule has 1 aromatic rings. The van der Waals surface area contributed by atoms with Crippen LogP contribution >= 0.6 is 11.6 Å². The number of aromatic nitrogens is 1. The molecule has 2 rings (SSSR count). The van der Waals surface area contributed by atoms with Crippen molar-refractivity contribution < 1.29 is 14.7 Å². The zero-order valence-electron chi connectivity index (χ0n) is 11.9. The first kappa shape index (κ1) is 15.5. The third-order valence-electron chi connectivity index (χ3n) is 3.88. The van der Waals surface area contributed by atoms with Crippen LogP contribution in [0.25, 0.3) is 0 Å². The lowest BCUT2D eigenvalue weighted by molar-refractivity contribution is -0.313. The topological polar surface area (TPSA) is 82.1 Å². The maximum absolute atomic E-state index is 12.3. The van der Waals surface area contributed by atoms with E-state index in [9.17, 15) is 14.7 Å². The average molecular weight is 308 g/mol. The minimum atomic E-state index is -1.19. The maximum atomic E-state index is 12.3. The average Bonchev–Trinajstić information content (AvgIpc) is 2.43. The lowest BCUT2D eigenvalue weighted by Crippen LogP contribution is -2.42. The lowest BCUT2D eigenvalue weighted by Gasteiger charge is -2.32. The van der Waals surface area contributed by atoms with E-state index in [-0.39, 0.29) is 5.91 Å². The monoisotopic (exact) mass is 307 g/mol. The highest BCUT2D eigenvalue weighted by Crippen LogP contribution is 2.34. The van der Waals surface area contributed by atoms with Crippen LogP contribution in [0, 0.1) is 11.8 Å². The highest BCUT2D eigenvalue weighted by atomic mass is 35.5. The highest BCUT2D eigenvalue weighted by molar-refractivity contribution is 6.30. The molecule has 0 saturated heterocycles. The van der Waals surface area contributed by atoms with Gasteiger partial charge >= 0.3 is 0 Å². The van der Waals surface area contributed by atoms with E-state index in [1.807, 2.05) is 13.8 Å². The van der Waals surface area contributed by atoms with E-state index in [0.29, 0.717) is 23.7 Å². The third-order valence-corrected chi connectivity index (χ3v) is 4.11. The molecule has 2 atom stereocenters. The van der Waals surface area contributed by atoms with E-state index in [1.165, 1.54) is 6.20 Å². The fourth-order valence-corrected chi connectivity index (χ4v) is 2.60. The summed E-state index contributed by atoms with van der Waals surface area (Å²) in [5.74, 6) is -2.64. The molecule has 1 aromatic heterocycles. The molecule has 112 valence electrons. The van der Waals surface area contributed by atoms with Crippen molar-refractivity contribution in [2.24, 2.45) is 11.8 Å². The smallest absolute Gasteiger partial charge is 0.229 e. The number of amides is 1. The Morgan fingerprint density at radius 3 is 2.38 bits per heavy atom. The largest absolute Gasteiger partial charge is 0.550 e. The van der Waals surface area contributed by atoms with Crippen LogP contribution in [-0.2, 0) is 9.59 Å². The minimum Gasteiger partial charge on any atom is -0.550 e. The van der Waals surface area contributed by atoms with Crippen molar-refractivity contribution in [2.45, 2.75) is 26.7 Å². The second-order valence-electron chi connectivity index (χ2n) is 5.35. The molecule has 6 heteroatoms. The third kappa shape index (κ3) is 3.61. The first-order valence-corrected chi connectivity index (χ1v) is 7.04. The number of carboxylic acids is 1. The van der Waals surface area contributed by atoms with Gasteiger partial charge in [0.15, 0.2) is 0 Å². The number of allylic oxidation sites excluding steroid dienone is 2. The molecule has 1 aliphatic carbocycles. The van der Waals surface area contributed by atoms with Crippen molar-refractivity contribution >= 4 is 29.3 Å². The number of nitrogens with one attached hydrogen (secondary N) is 1. The lowest BCUT2D eigenvalue weighted by atomic mass is 9.76. The fraction of sp³-hybridized carbons (Fsp3) is 0.400. The molecule has 0 fully saturated rings. The van der Waals surface area contributed by atoms with Crippen LogP contribution in [0.1, 0.15) is 26.7 Å². The van der Waals surface area contributed by atoms with Crippen LogP contribution in [0.2, 0.25) is 5.02 Å². The van der Waals surface area contributed by atoms with E-state index < -0.39 is 17.8 Å². The van der Waals surface area contributed by atoms with Crippen LogP contribution in [-0.4, -0.2) is 16.9 Å². The van der Waals surface area contributed by atoms with Gasteiger partial charge in [0, 0.05) is 18.1 Å². The predicted octanol–water partition coefficient (Wildman–Crippen LogP) is 1.79. The molecule has 0 saturated carbocycles. The summed E-state index contributed by atoms with van der Waals surface area (Å²) in [6, 6.07) is 3.18. The summed E-state index contributed by atoms with van der Waals surface area (Å²) in [6.07, 6.45) is 2.19. The molecular weight excluding hydrogens is 292 g/mol. The second-order valence-corrected chi connectivity index (χ2v) is 5.79. The molecule has 21 heavy (non-hydrogen) atoms. The quantitative estimate of drug-likeness (QED) is 0.863. The van der Waals surface area contributed by atoms with Gasteiger partial charge in [-0.2, -0.15) is 0 Å². The standard InChI is InChI=1S/C15H17ClN2O3/c1-8-5-11(12(15(20)21)6-9(8)2)14(19)18-13-4-3-10(16)7-17-13/h3-4,7,11-12H,5-6H2,1-2H3,(H,20,21)(H,17,18,19)/p-1/t11-,12-/m1/s1. The Bertz CT molecular complexity index is 595. The number of pyridine rings is 1. The van der Waals surface area contributed by atoms with Gasteiger partial charge in [-0.3, -0.25) is 4.79 Å². The van der Waals surface area contributed by atoms with E-state index in [4.69, 9.17) is 11.6 Å². The van der Waals surface area contributed by atoms with E-state index in [2.05, 4.69) is 10.3 Å². The predicted molar refractivity (Wildman–Crippen MR) is 77.5 cm³/mol. The van der Waals surface area contributed by atoms with Gasteiger partial charge in [-0.25, -0.2) is 4.98 Å². The molecular formula is C15H16ClN2O3-. The molecule has 5 nitrogen and oxygen atoms in total. The van der Waals surface area contributed by atoms with E-state index >= 15 is 0 Å². The number of carbonyl (C=O) groups excluding carboxylic acids is 2. The number of halogens is 1. The molecule has 0 spiro atoms. The van der Waals surface area contributed by atoms with Crippen LogP contribution < -0.4 is 10.4 Å². The van der Waals surface area contributed by atoms with Crippen LogP contribution in [0.5, 0.6) is 0 Å². The minimum absolute atomic E-state index is 0.348. The normalized spacial score (nSPS) is 22.0. The molecule has 1 N–H and O–H groups in total. The van der Waals surface area contributed by atoms with Crippen molar-refractivity contribution in [1.29, 1.82) is 0 Å². The van der Waals surface area contributed by atoms with Crippen molar-refractivity contribution in [3.63, 3.8) is 0 Å². The van der Waals surface area contributed by atoms with Crippen molar-refractivity contribution in [2.75, 3.05) is 5.32 Å². The summed E-state index contributed by atoms with van der Waals surface area (Å²) in [7, 11) is 0. The van der Waals surface area contributed by atoms with Crippen LogP contribution in [0.4, 0.5) is 5.82 Å². The number of carbonyl (C=O) groups is 2. The van der Waals surface area contributed by atoms with E-state index in [0.717, 1.165) is 11.1 Å². The maximum Gasteiger partial charge on any atom is 0.229 e. The Kier molecular flexibility index (Phi) is 4.63. The van der Waals surface area contributed by atoms with Crippen molar-refractivity contribution in [3.8, 4) is 0 Å². The zero-order valence-corrected chi connectivity index (χ0v) is 12.6. The summed E-state index contributed by atoms with van der Waals surface area (Å²) >= 11 is 5.73. The summed E-state index contributed by atoms with van der Waals surface area (Å²) in [4.78, 5) is 27.6. The van der Waals surface area contributed by atoms with Gasteiger partial charge in [0.25, 0.3) is 0 Å². The van der Waals surface area contributed by atoms with Gasteiger partial charge < -0.3 is 15.2 Å². The number of aliphatic carboxylic acids is 1. The summed E-state index contributed by atoms with van der Waals surface area (Å²) in [6.45, 7) is 3.81. The Hall–Kier alpha value is -1.88. The van der Waals surface area contributed by atoms with Gasteiger partial charge in [-0.1, -0.05) is 22.7 Å². The summed E-state index contributed by atoms with van der Waals surface area (Å²) in [5.41, 5.74) is 2.06. The molecule has 0 unspecified atom stereocenters. The fourth-order valence-electron chi connectivity index (χ4n) is 2.48. The molecule has 1 heterocycles. The van der Waals surface area contributed by atoms with Crippen molar-refractivity contribution in [3.05, 3.63) is 34.5 Å². The van der Waals surface area contributed by atoms with Gasteiger partial charge in [0.05, 0.1) is 10.9 Å². The molecule has 0 aromatic carbocycles. The highest BCUT2D eigenvalue weighted by Gasteiger charge is 2.33. The molecule has 1 aliphatic rings. The Balaban J connectivity index is 2.16. The Morgan fingerprint density at radius 1 is 1.24 bits per heavy atom. The number of nitrogens with zero attached hydrogens (tertiary/aromatic N) is 1. The number of carboxylic acid groups (broad SMARTS) is 1. The van der Waals surface area contributed by atoms with Crippen molar-refractivity contribution in [1.82, 2.24) is 4.98 Å². The Morgan fingerprint density at radius 2 is 1.86 bits per heavy atom. The Labute approximate surface area is 128 Å². The number of hydrogen-bond acceptors (Lipinski definition) is 4. The second kappa shape index (κ2) is 6.26. The molecule has 0 aliphatic heterocycles.